The summed E-state index contributed by atoms with van der Waals surface area (Å²) in [6.07, 6.45) is 0. The molecule has 21 heavy (non-hydrogen) atoms. The standard InChI is InChI=1S/C14H24N4O3/c1-11(9-18-4-6-20-7-5-18)15-14(19)17(3)10-13-8-12(2)21-16-13/h8,11H,4-7,9-10H2,1-3H3,(H,15,19). The number of morpholine rings is 1. The van der Waals surface area contributed by atoms with Gasteiger partial charge in [0.15, 0.2) is 0 Å². The number of carbonyl (C=O) groups is 1. The smallest absolute Gasteiger partial charge is 0.317 e. The van der Waals surface area contributed by atoms with Crippen LogP contribution in [0.5, 0.6) is 0 Å². The molecule has 1 aliphatic rings. The summed E-state index contributed by atoms with van der Waals surface area (Å²) in [6.45, 7) is 8.52. The number of carbonyl (C=O) groups excluding carboxylic acids is 1. The van der Waals surface area contributed by atoms with Crippen LogP contribution in [0.4, 0.5) is 4.79 Å². The highest BCUT2D eigenvalue weighted by Gasteiger charge is 2.17. The van der Waals surface area contributed by atoms with Crippen LogP contribution in [0, 0.1) is 6.92 Å². The van der Waals surface area contributed by atoms with Gasteiger partial charge in [0, 0.05) is 38.8 Å². The topological polar surface area (TPSA) is 70.8 Å². The summed E-state index contributed by atoms with van der Waals surface area (Å²) in [7, 11) is 1.75. The molecule has 0 aromatic carbocycles. The van der Waals surface area contributed by atoms with Crippen LogP contribution < -0.4 is 5.32 Å². The molecule has 1 aliphatic heterocycles. The highest BCUT2D eigenvalue weighted by molar-refractivity contribution is 5.74. The van der Waals surface area contributed by atoms with Gasteiger partial charge in [0.2, 0.25) is 0 Å². The SMILES string of the molecule is Cc1cc(CN(C)C(=O)NC(C)CN2CCOCC2)no1. The Labute approximate surface area is 125 Å². The molecular formula is C14H24N4O3. The molecule has 0 radical (unpaired) electrons. The van der Waals surface area contributed by atoms with E-state index in [4.69, 9.17) is 9.26 Å². The van der Waals surface area contributed by atoms with Gasteiger partial charge in [-0.25, -0.2) is 4.79 Å². The fraction of sp³-hybridized carbons (Fsp3) is 0.714. The molecule has 0 spiro atoms. The van der Waals surface area contributed by atoms with E-state index in [9.17, 15) is 4.79 Å². The van der Waals surface area contributed by atoms with Crippen molar-refractivity contribution < 1.29 is 14.1 Å². The maximum Gasteiger partial charge on any atom is 0.317 e. The molecule has 0 aliphatic carbocycles. The van der Waals surface area contributed by atoms with Crippen LogP contribution in [0.25, 0.3) is 0 Å². The molecule has 0 bridgehead atoms. The monoisotopic (exact) mass is 296 g/mol. The number of hydrogen-bond donors (Lipinski definition) is 1. The molecule has 7 nitrogen and oxygen atoms in total. The van der Waals surface area contributed by atoms with Crippen molar-refractivity contribution in [3.8, 4) is 0 Å². The molecule has 0 saturated carbocycles. The number of rotatable bonds is 5. The van der Waals surface area contributed by atoms with Crippen molar-refractivity contribution in [1.29, 1.82) is 0 Å². The zero-order valence-corrected chi connectivity index (χ0v) is 13.0. The number of nitrogens with one attached hydrogen (secondary N) is 1. The average Bonchev–Trinajstić information content (AvgIpc) is 2.85. The fourth-order valence-electron chi connectivity index (χ4n) is 2.34. The van der Waals surface area contributed by atoms with Gasteiger partial charge in [-0.3, -0.25) is 4.90 Å². The second-order valence-corrected chi connectivity index (χ2v) is 5.55. The van der Waals surface area contributed by atoms with Crippen molar-refractivity contribution in [2.75, 3.05) is 39.9 Å². The summed E-state index contributed by atoms with van der Waals surface area (Å²) in [5, 5.41) is 6.89. The number of urea groups is 1. The number of aromatic nitrogens is 1. The lowest BCUT2D eigenvalue weighted by Gasteiger charge is -2.30. The molecule has 1 saturated heterocycles. The predicted octanol–water partition coefficient (Wildman–Crippen LogP) is 0.845. The lowest BCUT2D eigenvalue weighted by Crippen LogP contribution is -2.48. The Hall–Kier alpha value is -1.60. The largest absolute Gasteiger partial charge is 0.379 e. The van der Waals surface area contributed by atoms with Crippen molar-refractivity contribution in [1.82, 2.24) is 20.3 Å². The van der Waals surface area contributed by atoms with Gasteiger partial charge in [0.1, 0.15) is 11.5 Å². The summed E-state index contributed by atoms with van der Waals surface area (Å²) < 4.78 is 10.3. The Morgan fingerprint density at radius 2 is 2.24 bits per heavy atom. The summed E-state index contributed by atoms with van der Waals surface area (Å²) in [5.41, 5.74) is 0.756. The van der Waals surface area contributed by atoms with Crippen LogP contribution in [0.3, 0.4) is 0 Å². The normalized spacial score (nSPS) is 17.5. The highest BCUT2D eigenvalue weighted by atomic mass is 16.5. The third-order valence-corrected chi connectivity index (χ3v) is 3.43. The third-order valence-electron chi connectivity index (χ3n) is 3.43. The number of amides is 2. The first-order chi connectivity index (χ1) is 10.0. The molecule has 1 aromatic heterocycles. The Bertz CT molecular complexity index is 457. The first-order valence-corrected chi connectivity index (χ1v) is 7.28. The van der Waals surface area contributed by atoms with Gasteiger partial charge in [-0.2, -0.15) is 0 Å². The molecule has 118 valence electrons. The lowest BCUT2D eigenvalue weighted by atomic mass is 10.3. The fourth-order valence-corrected chi connectivity index (χ4v) is 2.34. The van der Waals surface area contributed by atoms with Crippen molar-refractivity contribution in [2.24, 2.45) is 0 Å². The van der Waals surface area contributed by atoms with E-state index in [0.29, 0.717) is 6.54 Å². The van der Waals surface area contributed by atoms with Gasteiger partial charge in [0.25, 0.3) is 0 Å². The molecule has 1 aromatic rings. The van der Waals surface area contributed by atoms with Crippen LogP contribution in [0.2, 0.25) is 0 Å². The molecule has 1 N–H and O–H groups in total. The second-order valence-electron chi connectivity index (χ2n) is 5.55. The van der Waals surface area contributed by atoms with Gasteiger partial charge in [0.05, 0.1) is 19.8 Å². The molecule has 1 unspecified atom stereocenters. The Balaban J connectivity index is 1.74. The average molecular weight is 296 g/mol. The molecule has 2 amide bonds. The third kappa shape index (κ3) is 5.02. The molecular weight excluding hydrogens is 272 g/mol. The summed E-state index contributed by atoms with van der Waals surface area (Å²) in [4.78, 5) is 16.0. The van der Waals surface area contributed by atoms with E-state index in [1.807, 2.05) is 19.9 Å². The van der Waals surface area contributed by atoms with E-state index < -0.39 is 0 Å². The van der Waals surface area contributed by atoms with E-state index in [2.05, 4.69) is 15.4 Å². The summed E-state index contributed by atoms with van der Waals surface area (Å²) >= 11 is 0. The molecule has 2 rings (SSSR count). The van der Waals surface area contributed by atoms with Crippen LogP contribution in [0.1, 0.15) is 18.4 Å². The second kappa shape index (κ2) is 7.42. The molecule has 2 heterocycles. The van der Waals surface area contributed by atoms with Crippen LogP contribution >= 0.6 is 0 Å². The zero-order chi connectivity index (χ0) is 15.2. The van der Waals surface area contributed by atoms with Crippen molar-refractivity contribution >= 4 is 6.03 Å². The minimum atomic E-state index is -0.101. The van der Waals surface area contributed by atoms with E-state index in [-0.39, 0.29) is 12.1 Å². The van der Waals surface area contributed by atoms with Crippen LogP contribution in [0.15, 0.2) is 10.6 Å². The molecule has 1 atom stereocenters. The van der Waals surface area contributed by atoms with E-state index in [1.165, 1.54) is 0 Å². The number of aryl methyl sites for hydroxylation is 1. The number of hydrogen-bond acceptors (Lipinski definition) is 5. The van der Waals surface area contributed by atoms with Crippen LogP contribution in [-0.4, -0.2) is 66.9 Å². The van der Waals surface area contributed by atoms with E-state index in [1.54, 1.807) is 11.9 Å². The van der Waals surface area contributed by atoms with Gasteiger partial charge >= 0.3 is 6.03 Å². The van der Waals surface area contributed by atoms with Crippen molar-refractivity contribution in [2.45, 2.75) is 26.4 Å². The van der Waals surface area contributed by atoms with Crippen molar-refractivity contribution in [3.05, 3.63) is 17.5 Å². The lowest BCUT2D eigenvalue weighted by molar-refractivity contribution is 0.0347. The molecule has 7 heteroatoms. The van der Waals surface area contributed by atoms with Crippen LogP contribution in [-0.2, 0) is 11.3 Å². The van der Waals surface area contributed by atoms with Gasteiger partial charge in [-0.05, 0) is 13.8 Å². The van der Waals surface area contributed by atoms with Gasteiger partial charge < -0.3 is 19.5 Å². The maximum atomic E-state index is 12.1. The minimum Gasteiger partial charge on any atom is -0.379 e. The quantitative estimate of drug-likeness (QED) is 0.872. The first kappa shape index (κ1) is 15.8. The maximum absolute atomic E-state index is 12.1. The Morgan fingerprint density at radius 3 is 2.86 bits per heavy atom. The number of ether oxygens (including phenoxy) is 1. The van der Waals surface area contributed by atoms with Gasteiger partial charge in [-0.1, -0.05) is 5.16 Å². The Kier molecular flexibility index (Phi) is 5.58. The van der Waals surface area contributed by atoms with Crippen molar-refractivity contribution in [3.63, 3.8) is 0 Å². The summed E-state index contributed by atoms with van der Waals surface area (Å²) in [5.74, 6) is 0.750. The Morgan fingerprint density at radius 1 is 1.52 bits per heavy atom. The predicted molar refractivity (Wildman–Crippen MR) is 78.0 cm³/mol. The number of nitrogens with zero attached hydrogens (tertiary/aromatic N) is 3. The van der Waals surface area contributed by atoms with E-state index in [0.717, 1.165) is 44.3 Å². The highest BCUT2D eigenvalue weighted by Crippen LogP contribution is 2.05. The minimum absolute atomic E-state index is 0.0945. The zero-order valence-electron chi connectivity index (χ0n) is 13.0. The van der Waals surface area contributed by atoms with E-state index >= 15 is 0 Å². The summed E-state index contributed by atoms with van der Waals surface area (Å²) in [6, 6.07) is 1.83. The van der Waals surface area contributed by atoms with Gasteiger partial charge in [-0.15, -0.1) is 0 Å². The molecule has 1 fully saturated rings. The first-order valence-electron chi connectivity index (χ1n) is 7.28.